The molecule has 0 aliphatic carbocycles. The van der Waals surface area contributed by atoms with E-state index in [9.17, 15) is 4.79 Å². The number of aromatic nitrogens is 3. The molecule has 29 heavy (non-hydrogen) atoms. The van der Waals surface area contributed by atoms with E-state index in [1.54, 1.807) is 6.08 Å². The number of carbonyl (C=O) groups excluding carboxylic acids is 1. The van der Waals surface area contributed by atoms with Gasteiger partial charge in [0, 0.05) is 49.4 Å². The number of hydrogen-bond donors (Lipinski definition) is 2. The highest BCUT2D eigenvalue weighted by Crippen LogP contribution is 2.24. The van der Waals surface area contributed by atoms with Crippen molar-refractivity contribution in [1.29, 1.82) is 0 Å². The molecule has 0 fully saturated rings. The number of para-hydroxylation sites is 1. The first kappa shape index (κ1) is 18.9. The fraction of sp³-hybridized carbons (Fsp3) is 0.136. The molecule has 6 nitrogen and oxygen atoms in total. The molecule has 0 bridgehead atoms. The molecule has 0 atom stereocenters. The predicted octanol–water partition coefficient (Wildman–Crippen LogP) is 4.33. The second kappa shape index (κ2) is 8.28. The van der Waals surface area contributed by atoms with Crippen LogP contribution in [0.2, 0.25) is 0 Å². The van der Waals surface area contributed by atoms with E-state index in [0.29, 0.717) is 11.6 Å². The summed E-state index contributed by atoms with van der Waals surface area (Å²) in [6.45, 7) is 0. The van der Waals surface area contributed by atoms with Crippen LogP contribution < -0.4 is 10.2 Å². The highest BCUT2D eigenvalue weighted by Gasteiger charge is 2.10. The molecule has 0 unspecified atom stereocenters. The molecule has 0 radical (unpaired) electrons. The average Bonchev–Trinajstić information content (AvgIpc) is 3.34. The van der Waals surface area contributed by atoms with Crippen LogP contribution in [0, 0.1) is 0 Å². The zero-order valence-corrected chi connectivity index (χ0v) is 17.0. The van der Waals surface area contributed by atoms with Crippen molar-refractivity contribution in [1.82, 2.24) is 15.2 Å². The third-order valence-corrected chi connectivity index (χ3v) is 5.39. The van der Waals surface area contributed by atoms with E-state index in [1.807, 2.05) is 67.7 Å². The van der Waals surface area contributed by atoms with Gasteiger partial charge in [0.05, 0.1) is 0 Å². The summed E-state index contributed by atoms with van der Waals surface area (Å²) in [4.78, 5) is 17.5. The fourth-order valence-electron chi connectivity index (χ4n) is 3.02. The van der Waals surface area contributed by atoms with Crippen LogP contribution in [0.15, 0.2) is 60.8 Å². The summed E-state index contributed by atoms with van der Waals surface area (Å²) in [5, 5.41) is 13.6. The Balaban J connectivity index is 1.37. The average molecular weight is 404 g/mol. The van der Waals surface area contributed by atoms with E-state index in [1.165, 1.54) is 22.8 Å². The van der Waals surface area contributed by atoms with Gasteiger partial charge >= 0.3 is 0 Å². The predicted molar refractivity (Wildman–Crippen MR) is 119 cm³/mol. The molecule has 0 saturated heterocycles. The van der Waals surface area contributed by atoms with Gasteiger partial charge < -0.3 is 9.88 Å². The molecular weight excluding hydrogens is 382 g/mol. The third-order valence-electron chi connectivity index (χ3n) is 4.55. The van der Waals surface area contributed by atoms with Crippen LogP contribution in [0.1, 0.15) is 16.1 Å². The van der Waals surface area contributed by atoms with E-state index in [2.05, 4.69) is 26.6 Å². The Morgan fingerprint density at radius 3 is 2.72 bits per heavy atom. The van der Waals surface area contributed by atoms with E-state index in [0.717, 1.165) is 27.3 Å². The van der Waals surface area contributed by atoms with Crippen molar-refractivity contribution in [3.05, 3.63) is 76.9 Å². The molecule has 2 aromatic heterocycles. The molecule has 1 amide bonds. The Bertz CT molecular complexity index is 1160. The first-order valence-corrected chi connectivity index (χ1v) is 10.0. The van der Waals surface area contributed by atoms with Gasteiger partial charge in [-0.05, 0) is 35.4 Å². The summed E-state index contributed by atoms with van der Waals surface area (Å²) in [5.74, 6) is -0.225. The number of aromatic amines is 1. The van der Waals surface area contributed by atoms with Crippen molar-refractivity contribution in [2.24, 2.45) is 0 Å². The molecule has 2 N–H and O–H groups in total. The molecule has 7 heteroatoms. The van der Waals surface area contributed by atoms with E-state index < -0.39 is 0 Å². The maximum atomic E-state index is 12.2. The molecule has 4 aromatic rings. The summed E-state index contributed by atoms with van der Waals surface area (Å²) in [7, 11) is 3.99. The maximum Gasteiger partial charge on any atom is 0.250 e. The molecule has 0 aliphatic rings. The topological polar surface area (TPSA) is 73.9 Å². The number of nitrogens with zero attached hydrogens (tertiary/aromatic N) is 3. The van der Waals surface area contributed by atoms with Crippen LogP contribution in [0.25, 0.3) is 17.0 Å². The van der Waals surface area contributed by atoms with Gasteiger partial charge in [-0.15, -0.1) is 10.2 Å². The van der Waals surface area contributed by atoms with Crippen molar-refractivity contribution < 1.29 is 4.79 Å². The largest absolute Gasteiger partial charge is 0.378 e. The van der Waals surface area contributed by atoms with Crippen molar-refractivity contribution in [2.75, 3.05) is 24.3 Å². The number of anilines is 2. The Morgan fingerprint density at radius 1 is 1.14 bits per heavy atom. The van der Waals surface area contributed by atoms with Gasteiger partial charge in [-0.3, -0.25) is 10.1 Å². The smallest absolute Gasteiger partial charge is 0.250 e. The minimum atomic E-state index is -0.225. The monoisotopic (exact) mass is 403 g/mol. The summed E-state index contributed by atoms with van der Waals surface area (Å²) in [5.41, 5.74) is 4.34. The molecule has 2 aromatic carbocycles. The van der Waals surface area contributed by atoms with Crippen molar-refractivity contribution >= 4 is 45.0 Å². The number of benzene rings is 2. The Labute approximate surface area is 172 Å². The first-order valence-electron chi connectivity index (χ1n) is 9.22. The van der Waals surface area contributed by atoms with Gasteiger partial charge in [-0.1, -0.05) is 41.7 Å². The molecular formula is C22H21N5OS. The molecule has 0 spiro atoms. The SMILES string of the molecule is CN(C)c1ccc(/C=C/C(=O)Nc2nnc(Cc3c[nH]c4ccccc34)s2)cc1. The zero-order chi connectivity index (χ0) is 20.2. The van der Waals surface area contributed by atoms with Crippen molar-refractivity contribution in [3.63, 3.8) is 0 Å². The molecule has 2 heterocycles. The molecule has 0 aliphatic heterocycles. The van der Waals surface area contributed by atoms with Gasteiger partial charge in [0.2, 0.25) is 11.0 Å². The summed E-state index contributed by atoms with van der Waals surface area (Å²) >= 11 is 1.39. The van der Waals surface area contributed by atoms with E-state index >= 15 is 0 Å². The quantitative estimate of drug-likeness (QED) is 0.470. The Hall–Kier alpha value is -3.45. The first-order chi connectivity index (χ1) is 14.1. The van der Waals surface area contributed by atoms with Gasteiger partial charge in [0.15, 0.2) is 0 Å². The lowest BCUT2D eigenvalue weighted by Gasteiger charge is -2.11. The highest BCUT2D eigenvalue weighted by molar-refractivity contribution is 7.15. The van der Waals surface area contributed by atoms with Crippen LogP contribution >= 0.6 is 11.3 Å². The number of carbonyl (C=O) groups is 1. The van der Waals surface area contributed by atoms with Crippen LogP contribution in [-0.4, -0.2) is 35.2 Å². The van der Waals surface area contributed by atoms with Gasteiger partial charge in [-0.25, -0.2) is 0 Å². The Morgan fingerprint density at radius 2 is 1.93 bits per heavy atom. The van der Waals surface area contributed by atoms with Crippen molar-refractivity contribution in [3.8, 4) is 0 Å². The number of H-pyrrole nitrogens is 1. The summed E-state index contributed by atoms with van der Waals surface area (Å²) in [6.07, 6.45) is 5.95. The lowest BCUT2D eigenvalue weighted by molar-refractivity contribution is -0.111. The minimum Gasteiger partial charge on any atom is -0.378 e. The molecule has 146 valence electrons. The van der Waals surface area contributed by atoms with Crippen LogP contribution in [0.3, 0.4) is 0 Å². The molecule has 4 rings (SSSR count). The summed E-state index contributed by atoms with van der Waals surface area (Å²) < 4.78 is 0. The third kappa shape index (κ3) is 4.52. The fourth-order valence-corrected chi connectivity index (χ4v) is 3.78. The van der Waals surface area contributed by atoms with E-state index in [-0.39, 0.29) is 5.91 Å². The van der Waals surface area contributed by atoms with Gasteiger partial charge in [0.1, 0.15) is 5.01 Å². The van der Waals surface area contributed by atoms with Gasteiger partial charge in [0.25, 0.3) is 0 Å². The van der Waals surface area contributed by atoms with Crippen LogP contribution in [-0.2, 0) is 11.2 Å². The number of nitrogens with one attached hydrogen (secondary N) is 2. The minimum absolute atomic E-state index is 0.225. The van der Waals surface area contributed by atoms with Crippen molar-refractivity contribution in [2.45, 2.75) is 6.42 Å². The number of amides is 1. The zero-order valence-electron chi connectivity index (χ0n) is 16.2. The lowest BCUT2D eigenvalue weighted by atomic mass is 10.1. The number of rotatable bonds is 6. The van der Waals surface area contributed by atoms with Crippen LogP contribution in [0.4, 0.5) is 10.8 Å². The van der Waals surface area contributed by atoms with Crippen LogP contribution in [0.5, 0.6) is 0 Å². The highest BCUT2D eigenvalue weighted by atomic mass is 32.1. The summed E-state index contributed by atoms with van der Waals surface area (Å²) in [6, 6.07) is 16.1. The second-order valence-electron chi connectivity index (χ2n) is 6.85. The van der Waals surface area contributed by atoms with E-state index in [4.69, 9.17) is 0 Å². The van der Waals surface area contributed by atoms with Gasteiger partial charge in [-0.2, -0.15) is 0 Å². The maximum absolute atomic E-state index is 12.2. The standard InChI is InChI=1S/C22H21N5OS/c1-27(2)17-10-7-15(8-11-17)9-12-20(28)24-22-26-25-21(29-22)13-16-14-23-19-6-4-3-5-18(16)19/h3-12,14,23H,13H2,1-2H3,(H,24,26,28)/b12-9+. The number of hydrogen-bond acceptors (Lipinski definition) is 5. The lowest BCUT2D eigenvalue weighted by Crippen LogP contribution is -2.08. The Kier molecular flexibility index (Phi) is 5.39. The number of fused-ring (bicyclic) bond motifs is 1. The second-order valence-corrected chi connectivity index (χ2v) is 7.91. The molecule has 0 saturated carbocycles. The normalized spacial score (nSPS) is 11.2.